The lowest BCUT2D eigenvalue weighted by Crippen LogP contribution is -2.57. The van der Waals surface area contributed by atoms with Gasteiger partial charge in [0.2, 0.25) is 11.8 Å². The SMILES string of the molecule is CN[C@@H](C)C(=O)NC(C(=O)N1c2ncccc2CC1C(=O)Nc1ccc(C2CCNCC2)cc1)C(C)C. The monoisotopic (exact) mass is 506 g/mol. The first-order valence-corrected chi connectivity index (χ1v) is 13.2. The topological polar surface area (TPSA) is 115 Å². The summed E-state index contributed by atoms with van der Waals surface area (Å²) in [5.41, 5.74) is 2.80. The van der Waals surface area contributed by atoms with E-state index in [4.69, 9.17) is 0 Å². The lowest BCUT2D eigenvalue weighted by atomic mass is 9.90. The van der Waals surface area contributed by atoms with Crippen molar-refractivity contribution in [2.45, 2.75) is 64.1 Å². The second-order valence-corrected chi connectivity index (χ2v) is 10.3. The third-order valence-electron chi connectivity index (χ3n) is 7.41. The van der Waals surface area contributed by atoms with Crippen LogP contribution in [-0.4, -0.2) is 61.0 Å². The molecule has 1 fully saturated rings. The molecular formula is C28H38N6O3. The Morgan fingerprint density at radius 1 is 1.05 bits per heavy atom. The van der Waals surface area contributed by atoms with Gasteiger partial charge >= 0.3 is 0 Å². The highest BCUT2D eigenvalue weighted by Crippen LogP contribution is 2.32. The molecule has 4 N–H and O–H groups in total. The summed E-state index contributed by atoms with van der Waals surface area (Å²) in [6.45, 7) is 7.53. The molecule has 2 unspecified atom stereocenters. The van der Waals surface area contributed by atoms with Crippen molar-refractivity contribution < 1.29 is 14.4 Å². The van der Waals surface area contributed by atoms with Gasteiger partial charge < -0.3 is 21.3 Å². The molecule has 3 heterocycles. The van der Waals surface area contributed by atoms with Crippen molar-refractivity contribution in [1.82, 2.24) is 20.9 Å². The number of hydrogen-bond acceptors (Lipinski definition) is 6. The average Bonchev–Trinajstić information content (AvgIpc) is 3.31. The Labute approximate surface area is 218 Å². The number of nitrogens with one attached hydrogen (secondary N) is 4. The first kappa shape index (κ1) is 26.8. The Hall–Kier alpha value is -3.30. The largest absolute Gasteiger partial charge is 0.343 e. The van der Waals surface area contributed by atoms with Crippen LogP contribution in [0.5, 0.6) is 0 Å². The molecule has 0 bridgehead atoms. The number of fused-ring (bicyclic) bond motifs is 1. The van der Waals surface area contributed by atoms with Crippen LogP contribution in [0.3, 0.4) is 0 Å². The second-order valence-electron chi connectivity index (χ2n) is 10.3. The van der Waals surface area contributed by atoms with Crippen LogP contribution in [0.1, 0.15) is 50.7 Å². The number of likely N-dealkylation sites (N-methyl/N-ethyl adjacent to an activating group) is 1. The zero-order valence-electron chi connectivity index (χ0n) is 22.1. The summed E-state index contributed by atoms with van der Waals surface area (Å²) in [5.74, 6) is -0.0768. The van der Waals surface area contributed by atoms with E-state index >= 15 is 0 Å². The fourth-order valence-electron chi connectivity index (χ4n) is 5.01. The highest BCUT2D eigenvalue weighted by Gasteiger charge is 2.43. The molecule has 0 radical (unpaired) electrons. The van der Waals surface area contributed by atoms with Crippen LogP contribution in [0.4, 0.5) is 11.5 Å². The molecule has 37 heavy (non-hydrogen) atoms. The third kappa shape index (κ3) is 5.99. The smallest absolute Gasteiger partial charge is 0.251 e. The van der Waals surface area contributed by atoms with Gasteiger partial charge in [-0.15, -0.1) is 0 Å². The molecular weight excluding hydrogens is 468 g/mol. The van der Waals surface area contributed by atoms with Gasteiger partial charge in [-0.05, 0) is 81.1 Å². The van der Waals surface area contributed by atoms with Crippen molar-refractivity contribution >= 4 is 29.2 Å². The van der Waals surface area contributed by atoms with Crippen LogP contribution in [0.2, 0.25) is 0 Å². The maximum absolute atomic E-state index is 13.8. The highest BCUT2D eigenvalue weighted by molar-refractivity contribution is 6.09. The van der Waals surface area contributed by atoms with Gasteiger partial charge in [-0.3, -0.25) is 19.3 Å². The van der Waals surface area contributed by atoms with E-state index in [-0.39, 0.29) is 23.6 Å². The van der Waals surface area contributed by atoms with Crippen LogP contribution < -0.4 is 26.2 Å². The number of benzene rings is 1. The Morgan fingerprint density at radius 2 is 1.76 bits per heavy atom. The van der Waals surface area contributed by atoms with Gasteiger partial charge in [0.05, 0.1) is 6.04 Å². The fourth-order valence-corrected chi connectivity index (χ4v) is 5.01. The summed E-state index contributed by atoms with van der Waals surface area (Å²) in [7, 11) is 1.69. The molecule has 4 rings (SSSR count). The van der Waals surface area contributed by atoms with E-state index in [9.17, 15) is 14.4 Å². The molecule has 2 aliphatic rings. The van der Waals surface area contributed by atoms with Gasteiger partial charge in [0.25, 0.3) is 5.91 Å². The van der Waals surface area contributed by atoms with Gasteiger partial charge in [-0.2, -0.15) is 0 Å². The van der Waals surface area contributed by atoms with E-state index in [1.54, 1.807) is 26.2 Å². The Bertz CT molecular complexity index is 1110. The van der Waals surface area contributed by atoms with Crippen LogP contribution in [-0.2, 0) is 20.8 Å². The molecule has 9 nitrogen and oxygen atoms in total. The number of rotatable bonds is 8. The van der Waals surface area contributed by atoms with Gasteiger partial charge in [0, 0.05) is 18.3 Å². The Morgan fingerprint density at radius 3 is 2.41 bits per heavy atom. The van der Waals surface area contributed by atoms with Crippen molar-refractivity contribution in [2.24, 2.45) is 5.92 Å². The number of amides is 3. The number of anilines is 2. The lowest BCUT2D eigenvalue weighted by Gasteiger charge is -2.31. The minimum atomic E-state index is -0.796. The van der Waals surface area contributed by atoms with E-state index in [1.165, 1.54) is 10.5 Å². The van der Waals surface area contributed by atoms with E-state index < -0.39 is 18.1 Å². The molecule has 0 aliphatic carbocycles. The predicted molar refractivity (Wildman–Crippen MR) is 144 cm³/mol. The summed E-state index contributed by atoms with van der Waals surface area (Å²) >= 11 is 0. The maximum atomic E-state index is 13.8. The van der Waals surface area contributed by atoms with Crippen molar-refractivity contribution in [2.75, 3.05) is 30.4 Å². The summed E-state index contributed by atoms with van der Waals surface area (Å²) in [4.78, 5) is 45.9. The maximum Gasteiger partial charge on any atom is 0.251 e. The molecule has 0 saturated carbocycles. The van der Waals surface area contributed by atoms with Gasteiger partial charge in [-0.25, -0.2) is 4.98 Å². The first-order valence-electron chi connectivity index (χ1n) is 13.2. The van der Waals surface area contributed by atoms with Crippen LogP contribution in [0, 0.1) is 5.92 Å². The van der Waals surface area contributed by atoms with Crippen LogP contribution in [0.25, 0.3) is 0 Å². The molecule has 1 aromatic heterocycles. The summed E-state index contributed by atoms with van der Waals surface area (Å²) in [5, 5.41) is 12.1. The van der Waals surface area contributed by atoms with Crippen molar-refractivity contribution in [3.05, 3.63) is 53.7 Å². The molecule has 1 saturated heterocycles. The normalized spacial score (nSPS) is 19.3. The molecule has 2 aromatic rings. The number of carbonyl (C=O) groups is 3. The summed E-state index contributed by atoms with van der Waals surface area (Å²) in [6, 6.07) is 9.69. The van der Waals surface area contributed by atoms with Gasteiger partial charge in [-0.1, -0.05) is 32.0 Å². The molecule has 198 valence electrons. The number of aromatic nitrogens is 1. The fraction of sp³-hybridized carbons (Fsp3) is 0.500. The van der Waals surface area contributed by atoms with Crippen LogP contribution in [0.15, 0.2) is 42.6 Å². The zero-order chi connectivity index (χ0) is 26.5. The molecule has 0 spiro atoms. The molecule has 3 amide bonds. The summed E-state index contributed by atoms with van der Waals surface area (Å²) < 4.78 is 0. The van der Waals surface area contributed by atoms with Crippen molar-refractivity contribution in [1.29, 1.82) is 0 Å². The minimum Gasteiger partial charge on any atom is -0.343 e. The Balaban J connectivity index is 1.53. The second kappa shape index (κ2) is 11.8. The predicted octanol–water partition coefficient (Wildman–Crippen LogP) is 2.19. The quantitative estimate of drug-likeness (QED) is 0.436. The Kier molecular flexibility index (Phi) is 8.56. The minimum absolute atomic E-state index is 0.181. The van der Waals surface area contributed by atoms with Crippen molar-refractivity contribution in [3.63, 3.8) is 0 Å². The van der Waals surface area contributed by atoms with Gasteiger partial charge in [0.15, 0.2) is 0 Å². The van der Waals surface area contributed by atoms with Gasteiger partial charge in [0.1, 0.15) is 17.9 Å². The van der Waals surface area contributed by atoms with E-state index in [1.807, 2.05) is 32.0 Å². The standard InChI is InChI=1S/C28H38N6O3/c1-17(2)24(33-26(35)18(3)29-4)28(37)34-23(16-21-6-5-13-31-25(21)34)27(36)32-22-9-7-19(8-10-22)20-11-14-30-15-12-20/h5-10,13,17-18,20,23-24,29-30H,11-12,14-16H2,1-4H3,(H,32,36)(H,33,35)/t18-,23?,24?/m0/s1. The number of hydrogen-bond donors (Lipinski definition) is 4. The zero-order valence-corrected chi connectivity index (χ0v) is 22.1. The highest BCUT2D eigenvalue weighted by atomic mass is 16.2. The van der Waals surface area contributed by atoms with E-state index in [0.29, 0.717) is 23.8 Å². The molecule has 9 heteroatoms. The number of nitrogens with zero attached hydrogens (tertiary/aromatic N) is 2. The van der Waals surface area contributed by atoms with E-state index in [2.05, 4.69) is 38.4 Å². The van der Waals surface area contributed by atoms with E-state index in [0.717, 1.165) is 31.5 Å². The molecule has 3 atom stereocenters. The molecule has 2 aliphatic heterocycles. The number of piperidine rings is 1. The third-order valence-corrected chi connectivity index (χ3v) is 7.41. The average molecular weight is 507 g/mol. The molecule has 1 aromatic carbocycles. The lowest BCUT2D eigenvalue weighted by molar-refractivity contribution is -0.130. The number of pyridine rings is 1. The summed E-state index contributed by atoms with van der Waals surface area (Å²) in [6.07, 6.45) is 4.19. The van der Waals surface area contributed by atoms with Crippen molar-refractivity contribution in [3.8, 4) is 0 Å². The van der Waals surface area contributed by atoms with Crippen LogP contribution >= 0.6 is 0 Å². The number of carbonyl (C=O) groups excluding carboxylic acids is 3. The first-order chi connectivity index (χ1) is 17.8.